The van der Waals surface area contributed by atoms with E-state index < -0.39 is 0 Å². The molecule has 1 aromatic heterocycles. The highest BCUT2D eigenvalue weighted by molar-refractivity contribution is 5.75. The molecule has 6 nitrogen and oxygen atoms in total. The van der Waals surface area contributed by atoms with Crippen molar-refractivity contribution >= 4 is 5.91 Å². The van der Waals surface area contributed by atoms with Gasteiger partial charge in [0, 0.05) is 25.3 Å². The van der Waals surface area contributed by atoms with Crippen molar-refractivity contribution in [2.24, 2.45) is 5.92 Å². The Morgan fingerprint density at radius 2 is 2.15 bits per heavy atom. The Bertz CT molecular complexity index is 404. The van der Waals surface area contributed by atoms with Crippen LogP contribution in [-0.4, -0.2) is 38.7 Å². The topological polar surface area (TPSA) is 80.0 Å². The summed E-state index contributed by atoms with van der Waals surface area (Å²) >= 11 is 0. The van der Waals surface area contributed by atoms with E-state index in [9.17, 15) is 4.79 Å². The van der Waals surface area contributed by atoms with Crippen molar-refractivity contribution in [3.8, 4) is 0 Å². The number of carbonyl (C=O) groups is 1. The Hall–Kier alpha value is -1.43. The molecule has 20 heavy (non-hydrogen) atoms. The van der Waals surface area contributed by atoms with Crippen LogP contribution in [0.4, 0.5) is 0 Å². The summed E-state index contributed by atoms with van der Waals surface area (Å²) < 4.78 is 1.50. The van der Waals surface area contributed by atoms with Crippen molar-refractivity contribution in [1.82, 2.24) is 20.3 Å². The number of nitrogens with zero attached hydrogens (tertiary/aromatic N) is 3. The molecule has 0 saturated carbocycles. The second kappa shape index (κ2) is 8.68. The smallest absolute Gasteiger partial charge is 0.242 e. The minimum absolute atomic E-state index is 0.0395. The van der Waals surface area contributed by atoms with Gasteiger partial charge in [0.05, 0.1) is 5.69 Å². The lowest BCUT2D eigenvalue weighted by Gasteiger charge is -2.14. The van der Waals surface area contributed by atoms with Crippen LogP contribution in [0.5, 0.6) is 0 Å². The van der Waals surface area contributed by atoms with Crippen LogP contribution in [0.3, 0.4) is 0 Å². The summed E-state index contributed by atoms with van der Waals surface area (Å²) in [6.45, 7) is 6.65. The fourth-order valence-corrected chi connectivity index (χ4v) is 2.02. The van der Waals surface area contributed by atoms with E-state index in [1.165, 1.54) is 11.1 Å². The normalized spacial score (nSPS) is 12.7. The summed E-state index contributed by atoms with van der Waals surface area (Å²) in [5, 5.41) is 19.5. The van der Waals surface area contributed by atoms with Crippen LogP contribution in [-0.2, 0) is 17.8 Å². The molecule has 0 aromatic carbocycles. The van der Waals surface area contributed by atoms with Gasteiger partial charge < -0.3 is 10.4 Å². The fraction of sp³-hybridized carbons (Fsp3) is 0.786. The van der Waals surface area contributed by atoms with Gasteiger partial charge in [0.15, 0.2) is 0 Å². The van der Waals surface area contributed by atoms with Gasteiger partial charge in [0.1, 0.15) is 6.54 Å². The van der Waals surface area contributed by atoms with Crippen molar-refractivity contribution < 1.29 is 9.90 Å². The molecule has 0 fully saturated rings. The van der Waals surface area contributed by atoms with E-state index in [0.717, 1.165) is 12.8 Å². The number of hydrogen-bond acceptors (Lipinski definition) is 4. The van der Waals surface area contributed by atoms with E-state index >= 15 is 0 Å². The van der Waals surface area contributed by atoms with Crippen LogP contribution in [0, 0.1) is 5.92 Å². The number of amides is 1. The van der Waals surface area contributed by atoms with Crippen LogP contribution in [0.1, 0.15) is 45.7 Å². The highest BCUT2D eigenvalue weighted by Crippen LogP contribution is 2.08. The van der Waals surface area contributed by atoms with E-state index in [4.69, 9.17) is 5.11 Å². The first kappa shape index (κ1) is 16.6. The van der Waals surface area contributed by atoms with Crippen LogP contribution < -0.4 is 5.32 Å². The zero-order valence-electron chi connectivity index (χ0n) is 12.7. The largest absolute Gasteiger partial charge is 0.396 e. The third kappa shape index (κ3) is 6.65. The Labute approximate surface area is 120 Å². The molecule has 2 N–H and O–H groups in total. The van der Waals surface area contributed by atoms with Gasteiger partial charge in [0.25, 0.3) is 0 Å². The summed E-state index contributed by atoms with van der Waals surface area (Å²) in [7, 11) is 0. The lowest BCUT2D eigenvalue weighted by atomic mass is 10.0. The average Bonchev–Trinajstić information content (AvgIpc) is 2.76. The van der Waals surface area contributed by atoms with Gasteiger partial charge >= 0.3 is 0 Å². The molecule has 0 aliphatic carbocycles. The van der Waals surface area contributed by atoms with Gasteiger partial charge in [-0.2, -0.15) is 0 Å². The molecule has 1 atom stereocenters. The first-order valence-corrected chi connectivity index (χ1v) is 7.30. The first-order valence-electron chi connectivity index (χ1n) is 7.30. The van der Waals surface area contributed by atoms with Crippen molar-refractivity contribution in [3.63, 3.8) is 0 Å². The molecule has 1 unspecified atom stereocenters. The molecule has 114 valence electrons. The summed E-state index contributed by atoms with van der Waals surface area (Å²) in [6, 6.07) is 0.182. The molecule has 1 rings (SSSR count). The van der Waals surface area contributed by atoms with Crippen LogP contribution in [0.2, 0.25) is 0 Å². The molecule has 0 radical (unpaired) electrons. The van der Waals surface area contributed by atoms with Gasteiger partial charge in [-0.3, -0.25) is 4.79 Å². The second-order valence-electron chi connectivity index (χ2n) is 5.67. The maximum atomic E-state index is 11.8. The maximum absolute atomic E-state index is 11.8. The Morgan fingerprint density at radius 3 is 2.80 bits per heavy atom. The molecule has 0 bridgehead atoms. The molecule has 1 aromatic rings. The minimum atomic E-state index is -0.0532. The van der Waals surface area contributed by atoms with Gasteiger partial charge in [-0.05, 0) is 19.3 Å². The fourth-order valence-electron chi connectivity index (χ4n) is 2.02. The third-order valence-corrected chi connectivity index (χ3v) is 3.09. The zero-order chi connectivity index (χ0) is 15.0. The molecule has 0 saturated heterocycles. The highest BCUT2D eigenvalue weighted by atomic mass is 16.3. The molecule has 6 heteroatoms. The van der Waals surface area contributed by atoms with Gasteiger partial charge in [-0.25, -0.2) is 4.68 Å². The summed E-state index contributed by atoms with van der Waals surface area (Å²) in [5.41, 5.74) is 0.699. The van der Waals surface area contributed by atoms with Crippen molar-refractivity contribution in [3.05, 3.63) is 11.9 Å². The first-order chi connectivity index (χ1) is 9.51. The van der Waals surface area contributed by atoms with Gasteiger partial charge in [-0.15, -0.1) is 5.10 Å². The van der Waals surface area contributed by atoms with E-state index in [2.05, 4.69) is 29.5 Å². The summed E-state index contributed by atoms with van der Waals surface area (Å²) in [5.74, 6) is 0.653. The molecule has 1 heterocycles. The minimum Gasteiger partial charge on any atom is -0.396 e. The number of aliphatic hydroxyl groups is 1. The molecule has 1 amide bonds. The lowest BCUT2D eigenvalue weighted by Crippen LogP contribution is -2.35. The van der Waals surface area contributed by atoms with Crippen LogP contribution in [0.25, 0.3) is 0 Å². The molecule has 0 spiro atoms. The molecule has 0 aliphatic heterocycles. The molecule has 0 aliphatic rings. The van der Waals surface area contributed by atoms with Crippen molar-refractivity contribution in [2.45, 2.75) is 59.0 Å². The Kier molecular flexibility index (Phi) is 7.22. The third-order valence-electron chi connectivity index (χ3n) is 3.09. The SMILES string of the molecule is CC(C)CCCC(C)NC(=O)Cn1cc(CCO)nn1. The predicted molar refractivity (Wildman–Crippen MR) is 77.1 cm³/mol. The van der Waals surface area contributed by atoms with Gasteiger partial charge in [0.2, 0.25) is 5.91 Å². The van der Waals surface area contributed by atoms with Crippen molar-refractivity contribution in [1.29, 1.82) is 0 Å². The average molecular weight is 282 g/mol. The van der Waals surface area contributed by atoms with E-state index in [0.29, 0.717) is 18.0 Å². The van der Waals surface area contributed by atoms with E-state index in [1.807, 2.05) is 6.92 Å². The van der Waals surface area contributed by atoms with E-state index in [-0.39, 0.29) is 25.1 Å². The Balaban J connectivity index is 2.27. The number of hydrogen-bond donors (Lipinski definition) is 2. The summed E-state index contributed by atoms with van der Waals surface area (Å²) in [4.78, 5) is 11.8. The second-order valence-corrected chi connectivity index (χ2v) is 5.67. The van der Waals surface area contributed by atoms with Gasteiger partial charge in [-0.1, -0.05) is 31.9 Å². The van der Waals surface area contributed by atoms with Crippen LogP contribution in [0.15, 0.2) is 6.20 Å². The summed E-state index contributed by atoms with van der Waals surface area (Å²) in [6.07, 6.45) is 5.47. The van der Waals surface area contributed by atoms with Crippen LogP contribution >= 0.6 is 0 Å². The number of aliphatic hydroxyl groups excluding tert-OH is 1. The van der Waals surface area contributed by atoms with Crippen molar-refractivity contribution in [2.75, 3.05) is 6.61 Å². The molecular weight excluding hydrogens is 256 g/mol. The molecular formula is C14H26N4O2. The quantitative estimate of drug-likeness (QED) is 0.712. The standard InChI is InChI=1S/C14H26N4O2/c1-11(2)5-4-6-12(3)15-14(20)10-18-9-13(7-8-19)16-17-18/h9,11-12,19H,4-8,10H2,1-3H3,(H,15,20). The maximum Gasteiger partial charge on any atom is 0.242 e. The number of aromatic nitrogens is 3. The monoisotopic (exact) mass is 282 g/mol. The number of rotatable bonds is 9. The number of nitrogens with one attached hydrogen (secondary N) is 1. The number of carbonyl (C=O) groups excluding carboxylic acids is 1. The highest BCUT2D eigenvalue weighted by Gasteiger charge is 2.09. The zero-order valence-corrected chi connectivity index (χ0v) is 12.7. The Morgan fingerprint density at radius 1 is 1.40 bits per heavy atom. The van der Waals surface area contributed by atoms with E-state index in [1.54, 1.807) is 6.20 Å². The lowest BCUT2D eigenvalue weighted by molar-refractivity contribution is -0.122. The predicted octanol–water partition coefficient (Wildman–Crippen LogP) is 1.14.